The fourth-order valence-corrected chi connectivity index (χ4v) is 3.61. The molecule has 0 saturated carbocycles. The lowest BCUT2D eigenvalue weighted by molar-refractivity contribution is -0.123. The Labute approximate surface area is 150 Å². The van der Waals surface area contributed by atoms with Crippen molar-refractivity contribution >= 4 is 5.91 Å². The van der Waals surface area contributed by atoms with Crippen molar-refractivity contribution in [2.75, 3.05) is 6.61 Å². The average molecular weight is 337 g/mol. The van der Waals surface area contributed by atoms with Gasteiger partial charge in [0, 0.05) is 0 Å². The molecule has 0 bridgehead atoms. The molecule has 0 unspecified atom stereocenters. The normalized spacial score (nSPS) is 14.5. The average Bonchev–Trinajstić information content (AvgIpc) is 2.61. The van der Waals surface area contributed by atoms with Gasteiger partial charge in [0.05, 0.1) is 6.04 Å². The van der Waals surface area contributed by atoms with Crippen molar-refractivity contribution in [3.8, 4) is 5.75 Å². The highest BCUT2D eigenvalue weighted by atomic mass is 16.5. The van der Waals surface area contributed by atoms with Crippen LogP contribution >= 0.6 is 0 Å². The number of carbonyl (C=O) groups is 1. The predicted molar refractivity (Wildman–Crippen MR) is 101 cm³/mol. The molecule has 132 valence electrons. The summed E-state index contributed by atoms with van der Waals surface area (Å²) in [6.07, 6.45) is 4.60. The smallest absolute Gasteiger partial charge is 0.258 e. The third kappa shape index (κ3) is 4.22. The first-order chi connectivity index (χ1) is 12.0. The summed E-state index contributed by atoms with van der Waals surface area (Å²) in [7, 11) is 0. The molecule has 3 heteroatoms. The van der Waals surface area contributed by atoms with Gasteiger partial charge in [0.2, 0.25) is 0 Å². The van der Waals surface area contributed by atoms with Gasteiger partial charge in [-0.1, -0.05) is 35.9 Å². The van der Waals surface area contributed by atoms with E-state index >= 15 is 0 Å². The summed E-state index contributed by atoms with van der Waals surface area (Å²) in [6, 6.07) is 12.5. The van der Waals surface area contributed by atoms with Crippen molar-refractivity contribution in [3.63, 3.8) is 0 Å². The number of aryl methyl sites for hydroxylation is 3. The van der Waals surface area contributed by atoms with Gasteiger partial charge in [0.15, 0.2) is 6.61 Å². The topological polar surface area (TPSA) is 38.3 Å². The van der Waals surface area contributed by atoms with E-state index in [-0.39, 0.29) is 18.6 Å². The van der Waals surface area contributed by atoms with Crippen molar-refractivity contribution in [2.45, 2.75) is 52.5 Å². The van der Waals surface area contributed by atoms with Gasteiger partial charge in [-0.25, -0.2) is 0 Å². The third-order valence-electron chi connectivity index (χ3n) is 4.99. The summed E-state index contributed by atoms with van der Waals surface area (Å²) < 4.78 is 5.84. The van der Waals surface area contributed by atoms with Crippen molar-refractivity contribution in [1.82, 2.24) is 5.32 Å². The lowest BCUT2D eigenvalue weighted by atomic mass is 9.91. The molecular formula is C22H27NO2. The van der Waals surface area contributed by atoms with Crippen LogP contribution in [0.1, 0.15) is 53.6 Å². The maximum atomic E-state index is 12.3. The zero-order valence-corrected chi connectivity index (χ0v) is 15.4. The molecule has 2 aromatic rings. The Morgan fingerprint density at radius 3 is 2.80 bits per heavy atom. The number of hydrogen-bond acceptors (Lipinski definition) is 2. The molecule has 0 saturated heterocycles. The number of amides is 1. The van der Waals surface area contributed by atoms with Gasteiger partial charge < -0.3 is 10.1 Å². The largest absolute Gasteiger partial charge is 0.483 e. The van der Waals surface area contributed by atoms with Crippen LogP contribution in [0.15, 0.2) is 36.4 Å². The molecule has 0 aliphatic heterocycles. The SMILES string of the molecule is Cc1ccc(C)c([C@H](C)NC(=O)COc2cccc3c2CCCC3)c1. The number of rotatable bonds is 5. The first-order valence-electron chi connectivity index (χ1n) is 9.14. The molecule has 0 spiro atoms. The van der Waals surface area contributed by atoms with Gasteiger partial charge in [-0.3, -0.25) is 4.79 Å². The number of nitrogens with one attached hydrogen (secondary N) is 1. The minimum atomic E-state index is -0.0816. The van der Waals surface area contributed by atoms with Crippen LogP contribution in [-0.2, 0) is 17.6 Å². The van der Waals surface area contributed by atoms with Gasteiger partial charge in [-0.15, -0.1) is 0 Å². The van der Waals surface area contributed by atoms with Crippen LogP contribution in [0, 0.1) is 13.8 Å². The second-order valence-corrected chi connectivity index (χ2v) is 7.04. The first kappa shape index (κ1) is 17.5. The number of carbonyl (C=O) groups excluding carboxylic acids is 1. The molecule has 0 aromatic heterocycles. The van der Waals surface area contributed by atoms with Crippen molar-refractivity contribution in [2.24, 2.45) is 0 Å². The summed E-state index contributed by atoms with van der Waals surface area (Å²) >= 11 is 0. The molecule has 1 amide bonds. The Morgan fingerprint density at radius 2 is 1.96 bits per heavy atom. The summed E-state index contributed by atoms with van der Waals surface area (Å²) in [6.45, 7) is 6.22. The molecule has 0 fully saturated rings. The minimum Gasteiger partial charge on any atom is -0.483 e. The highest BCUT2D eigenvalue weighted by Gasteiger charge is 2.16. The highest BCUT2D eigenvalue weighted by molar-refractivity contribution is 5.78. The fourth-order valence-electron chi connectivity index (χ4n) is 3.61. The van der Waals surface area contributed by atoms with E-state index in [0.717, 1.165) is 24.2 Å². The maximum absolute atomic E-state index is 12.3. The minimum absolute atomic E-state index is 0.0271. The van der Waals surface area contributed by atoms with E-state index in [4.69, 9.17) is 4.74 Å². The van der Waals surface area contributed by atoms with E-state index in [1.165, 1.54) is 35.1 Å². The lowest BCUT2D eigenvalue weighted by Gasteiger charge is -2.20. The Kier molecular flexibility index (Phi) is 5.42. The maximum Gasteiger partial charge on any atom is 0.258 e. The molecule has 1 aliphatic carbocycles. The molecule has 25 heavy (non-hydrogen) atoms. The monoisotopic (exact) mass is 337 g/mol. The van der Waals surface area contributed by atoms with E-state index in [1.807, 2.05) is 19.1 Å². The molecule has 1 atom stereocenters. The van der Waals surface area contributed by atoms with Crippen LogP contribution < -0.4 is 10.1 Å². The lowest BCUT2D eigenvalue weighted by Crippen LogP contribution is -2.31. The predicted octanol–water partition coefficient (Wildman–Crippen LogP) is 4.44. The number of ether oxygens (including phenoxy) is 1. The number of fused-ring (bicyclic) bond motifs is 1. The summed E-state index contributed by atoms with van der Waals surface area (Å²) in [5, 5.41) is 3.05. The molecule has 3 rings (SSSR count). The zero-order valence-electron chi connectivity index (χ0n) is 15.4. The first-order valence-corrected chi connectivity index (χ1v) is 9.14. The van der Waals surface area contributed by atoms with Crippen LogP contribution in [0.2, 0.25) is 0 Å². The van der Waals surface area contributed by atoms with Crippen molar-refractivity contribution in [1.29, 1.82) is 0 Å². The van der Waals surface area contributed by atoms with Gasteiger partial charge in [-0.2, -0.15) is 0 Å². The van der Waals surface area contributed by atoms with Crippen molar-refractivity contribution in [3.05, 3.63) is 64.2 Å². The molecule has 1 aliphatic rings. The van der Waals surface area contributed by atoms with Crippen LogP contribution in [0.4, 0.5) is 0 Å². The van der Waals surface area contributed by atoms with Gasteiger partial charge >= 0.3 is 0 Å². The third-order valence-corrected chi connectivity index (χ3v) is 4.99. The quantitative estimate of drug-likeness (QED) is 0.876. The standard InChI is InChI=1S/C22H27NO2/c1-15-11-12-16(2)20(13-15)17(3)23-22(24)14-25-21-10-6-8-18-7-4-5-9-19(18)21/h6,8,10-13,17H,4-5,7,9,14H2,1-3H3,(H,23,24)/t17-/m0/s1. The molecule has 2 aromatic carbocycles. The van der Waals surface area contributed by atoms with E-state index in [0.29, 0.717) is 0 Å². The number of benzene rings is 2. The molecule has 0 heterocycles. The van der Waals surface area contributed by atoms with E-state index in [1.54, 1.807) is 0 Å². The zero-order chi connectivity index (χ0) is 17.8. The molecule has 1 N–H and O–H groups in total. The Morgan fingerprint density at radius 1 is 1.16 bits per heavy atom. The second-order valence-electron chi connectivity index (χ2n) is 7.04. The van der Waals surface area contributed by atoms with Gasteiger partial charge in [0.1, 0.15) is 5.75 Å². The number of hydrogen-bond donors (Lipinski definition) is 1. The van der Waals surface area contributed by atoms with Gasteiger partial charge in [0.25, 0.3) is 5.91 Å². The van der Waals surface area contributed by atoms with Crippen LogP contribution in [0.3, 0.4) is 0 Å². The highest BCUT2D eigenvalue weighted by Crippen LogP contribution is 2.29. The van der Waals surface area contributed by atoms with Crippen LogP contribution in [0.5, 0.6) is 5.75 Å². The Hall–Kier alpha value is -2.29. The molecule has 3 nitrogen and oxygen atoms in total. The van der Waals surface area contributed by atoms with E-state index in [9.17, 15) is 4.79 Å². The summed E-state index contributed by atoms with van der Waals surface area (Å²) in [5.74, 6) is 0.786. The van der Waals surface area contributed by atoms with Crippen LogP contribution in [-0.4, -0.2) is 12.5 Å². The Bertz CT molecular complexity index is 767. The summed E-state index contributed by atoms with van der Waals surface area (Å²) in [4.78, 5) is 12.3. The molecule has 0 radical (unpaired) electrons. The summed E-state index contributed by atoms with van der Waals surface area (Å²) in [5.41, 5.74) is 6.20. The van der Waals surface area contributed by atoms with E-state index < -0.39 is 0 Å². The second kappa shape index (κ2) is 7.73. The van der Waals surface area contributed by atoms with Gasteiger partial charge in [-0.05, 0) is 74.8 Å². The Balaban J connectivity index is 1.61. The molecular weight excluding hydrogens is 310 g/mol. The van der Waals surface area contributed by atoms with Crippen LogP contribution in [0.25, 0.3) is 0 Å². The van der Waals surface area contributed by atoms with Crippen molar-refractivity contribution < 1.29 is 9.53 Å². The fraction of sp³-hybridized carbons (Fsp3) is 0.409. The van der Waals surface area contributed by atoms with E-state index in [2.05, 4.69) is 43.4 Å².